The maximum absolute atomic E-state index is 12.8. The predicted octanol–water partition coefficient (Wildman–Crippen LogP) is 2.65. The number of carboxylic acid groups (broad SMARTS) is 1. The summed E-state index contributed by atoms with van der Waals surface area (Å²) >= 11 is 4.00. The molecule has 10 heteroatoms. The smallest absolute Gasteiger partial charge is 0.327 e. The van der Waals surface area contributed by atoms with Crippen molar-refractivity contribution in [2.24, 2.45) is 0 Å². The topological polar surface area (TPSA) is 144 Å². The Morgan fingerprint density at radius 1 is 1.00 bits per heavy atom. The normalized spacial score (nSPS) is 13.1. The van der Waals surface area contributed by atoms with Crippen molar-refractivity contribution in [1.82, 2.24) is 20.9 Å². The largest absolute Gasteiger partial charge is 0.508 e. The number of aromatic nitrogens is 1. The molecule has 3 aromatic rings. The first-order valence-electron chi connectivity index (χ1n) is 12.3. The van der Waals surface area contributed by atoms with Crippen LogP contribution in [-0.2, 0) is 27.2 Å². The van der Waals surface area contributed by atoms with Gasteiger partial charge in [0.05, 0.1) is 12.5 Å². The van der Waals surface area contributed by atoms with Crippen LogP contribution in [0.3, 0.4) is 0 Å². The van der Waals surface area contributed by atoms with Gasteiger partial charge in [0.25, 0.3) is 0 Å². The quantitative estimate of drug-likeness (QED) is 0.180. The Balaban J connectivity index is 0.00000235. The van der Waals surface area contributed by atoms with E-state index < -0.39 is 24.0 Å². The number of aromatic hydroxyl groups is 1. The van der Waals surface area contributed by atoms with Crippen molar-refractivity contribution in [3.05, 3.63) is 65.9 Å². The van der Waals surface area contributed by atoms with Gasteiger partial charge in [-0.1, -0.05) is 44.2 Å². The number of phenols is 1. The highest BCUT2D eigenvalue weighted by Gasteiger charge is 2.25. The Bertz CT molecular complexity index is 1170. The van der Waals surface area contributed by atoms with E-state index in [4.69, 9.17) is 0 Å². The van der Waals surface area contributed by atoms with Crippen molar-refractivity contribution < 1.29 is 24.6 Å². The van der Waals surface area contributed by atoms with Gasteiger partial charge >= 0.3 is 5.97 Å². The fraction of sp³-hybridized carbons (Fsp3) is 0.370. The van der Waals surface area contributed by atoms with Gasteiger partial charge in [-0.25, -0.2) is 4.79 Å². The average molecular weight is 529 g/mol. The van der Waals surface area contributed by atoms with Crippen LogP contribution in [0, 0.1) is 0 Å². The Hall–Kier alpha value is -3.50. The van der Waals surface area contributed by atoms with Crippen molar-refractivity contribution in [3.8, 4) is 5.75 Å². The van der Waals surface area contributed by atoms with E-state index in [2.05, 4.69) is 33.6 Å². The minimum atomic E-state index is -1.17. The molecule has 9 nitrogen and oxygen atoms in total. The fourth-order valence-corrected chi connectivity index (χ4v) is 3.98. The first-order valence-corrected chi connectivity index (χ1v) is 12.9. The van der Waals surface area contributed by atoms with E-state index in [-0.39, 0.29) is 42.8 Å². The van der Waals surface area contributed by atoms with Gasteiger partial charge in [0, 0.05) is 35.4 Å². The van der Waals surface area contributed by atoms with Gasteiger partial charge < -0.3 is 31.1 Å². The Kier molecular flexibility index (Phi) is 12.0. The van der Waals surface area contributed by atoms with Crippen LogP contribution in [0.5, 0.6) is 5.75 Å². The summed E-state index contributed by atoms with van der Waals surface area (Å²) in [5.74, 6) is -1.75. The lowest BCUT2D eigenvalue weighted by Gasteiger charge is -2.23. The third-order valence-electron chi connectivity index (χ3n) is 5.59. The third kappa shape index (κ3) is 9.14. The molecule has 0 saturated carbocycles. The van der Waals surface area contributed by atoms with Crippen LogP contribution in [0.2, 0.25) is 0 Å². The van der Waals surface area contributed by atoms with E-state index in [9.17, 15) is 24.6 Å². The van der Waals surface area contributed by atoms with E-state index in [1.54, 1.807) is 12.1 Å². The minimum absolute atomic E-state index is 0.0483. The molecule has 2 amide bonds. The number of aliphatic carboxylic acids is 1. The first kappa shape index (κ1) is 29.7. The zero-order valence-corrected chi connectivity index (χ0v) is 22.2. The Morgan fingerprint density at radius 3 is 2.32 bits per heavy atom. The number of thiol groups is 1. The standard InChI is InChI=1S/C25H30N4O5S.C2H6/c1-15(28-23(31)11-17-13-27-20-5-3-2-4-19(17)20)12-26-21(10-16-6-8-18(30)9-7-16)24(32)29-22(14-35)25(33)34;1-2/h2-9,13,15,21-22,26-27,30,35H,10-12,14H2,1H3,(H,28,31)(H,29,32)(H,33,34);1-2H3. The number of hydrogen-bond acceptors (Lipinski definition) is 6. The number of para-hydroxylation sites is 1. The van der Waals surface area contributed by atoms with Crippen LogP contribution in [0.15, 0.2) is 54.7 Å². The lowest BCUT2D eigenvalue weighted by molar-refractivity contribution is -0.141. The molecule has 0 aliphatic heterocycles. The second-order valence-corrected chi connectivity index (χ2v) is 8.78. The molecule has 2 aromatic carbocycles. The number of phenolic OH excluding ortho intramolecular Hbond substituents is 1. The van der Waals surface area contributed by atoms with Crippen molar-refractivity contribution in [3.63, 3.8) is 0 Å². The van der Waals surface area contributed by atoms with Crippen molar-refractivity contribution in [1.29, 1.82) is 0 Å². The van der Waals surface area contributed by atoms with E-state index >= 15 is 0 Å². The number of carbonyl (C=O) groups excluding carboxylic acids is 2. The zero-order chi connectivity index (χ0) is 27.4. The molecule has 200 valence electrons. The summed E-state index contributed by atoms with van der Waals surface area (Å²) in [6.07, 6.45) is 2.31. The highest BCUT2D eigenvalue weighted by Crippen LogP contribution is 2.18. The SMILES string of the molecule is CC.CC(CNC(Cc1ccc(O)cc1)C(=O)NC(CS)C(=O)O)NC(=O)Cc1c[nH]c2ccccc12. The molecule has 6 N–H and O–H groups in total. The first-order chi connectivity index (χ1) is 17.8. The molecule has 0 spiro atoms. The molecule has 0 fully saturated rings. The van der Waals surface area contributed by atoms with Crippen molar-refractivity contribution in [2.45, 2.75) is 51.7 Å². The predicted molar refractivity (Wildman–Crippen MR) is 148 cm³/mol. The number of aromatic amines is 1. The maximum atomic E-state index is 12.8. The maximum Gasteiger partial charge on any atom is 0.327 e. The third-order valence-corrected chi connectivity index (χ3v) is 5.96. The second-order valence-electron chi connectivity index (χ2n) is 8.42. The van der Waals surface area contributed by atoms with Crippen LogP contribution in [0.25, 0.3) is 10.9 Å². The van der Waals surface area contributed by atoms with E-state index in [1.807, 2.05) is 51.2 Å². The van der Waals surface area contributed by atoms with Crippen LogP contribution in [-0.4, -0.2) is 63.4 Å². The number of rotatable bonds is 12. The van der Waals surface area contributed by atoms with Gasteiger partial charge in [-0.05, 0) is 42.7 Å². The van der Waals surface area contributed by atoms with E-state index in [0.29, 0.717) is 0 Å². The van der Waals surface area contributed by atoms with Crippen LogP contribution >= 0.6 is 12.6 Å². The Labute approximate surface area is 222 Å². The molecule has 37 heavy (non-hydrogen) atoms. The highest BCUT2D eigenvalue weighted by molar-refractivity contribution is 7.80. The summed E-state index contributed by atoms with van der Waals surface area (Å²) in [4.78, 5) is 39.9. The molecular weight excluding hydrogens is 492 g/mol. The number of carboxylic acids is 1. The summed E-state index contributed by atoms with van der Waals surface area (Å²) in [6.45, 7) is 6.11. The van der Waals surface area contributed by atoms with E-state index in [0.717, 1.165) is 22.0 Å². The highest BCUT2D eigenvalue weighted by atomic mass is 32.1. The van der Waals surface area contributed by atoms with Gasteiger partial charge in [-0.2, -0.15) is 12.6 Å². The summed E-state index contributed by atoms with van der Waals surface area (Å²) < 4.78 is 0. The number of nitrogens with one attached hydrogen (secondary N) is 4. The summed E-state index contributed by atoms with van der Waals surface area (Å²) in [7, 11) is 0. The number of hydrogen-bond donors (Lipinski definition) is 7. The monoisotopic (exact) mass is 528 g/mol. The summed E-state index contributed by atoms with van der Waals surface area (Å²) in [5.41, 5.74) is 2.65. The average Bonchev–Trinajstić information content (AvgIpc) is 3.29. The number of H-pyrrole nitrogens is 1. The summed E-state index contributed by atoms with van der Waals surface area (Å²) in [5, 5.41) is 28.3. The lowest BCUT2D eigenvalue weighted by atomic mass is 10.0. The second kappa shape index (κ2) is 14.9. The molecule has 0 bridgehead atoms. The lowest BCUT2D eigenvalue weighted by Crippen LogP contribution is -2.54. The van der Waals surface area contributed by atoms with Gasteiger partial charge in [0.2, 0.25) is 11.8 Å². The van der Waals surface area contributed by atoms with Crippen LogP contribution in [0.4, 0.5) is 0 Å². The molecule has 3 unspecified atom stereocenters. The molecule has 0 aliphatic carbocycles. The van der Waals surface area contributed by atoms with Crippen molar-refractivity contribution >= 4 is 41.3 Å². The fourth-order valence-electron chi connectivity index (χ4n) is 3.73. The van der Waals surface area contributed by atoms with E-state index in [1.165, 1.54) is 12.1 Å². The number of benzene rings is 2. The molecule has 1 aromatic heterocycles. The van der Waals surface area contributed by atoms with Gasteiger partial charge in [-0.15, -0.1) is 0 Å². The number of fused-ring (bicyclic) bond motifs is 1. The zero-order valence-electron chi connectivity index (χ0n) is 21.3. The van der Waals surface area contributed by atoms with Crippen LogP contribution < -0.4 is 16.0 Å². The van der Waals surface area contributed by atoms with Gasteiger partial charge in [0.1, 0.15) is 11.8 Å². The van der Waals surface area contributed by atoms with Crippen molar-refractivity contribution in [2.75, 3.05) is 12.3 Å². The molecule has 0 radical (unpaired) electrons. The van der Waals surface area contributed by atoms with Crippen LogP contribution in [0.1, 0.15) is 31.9 Å². The minimum Gasteiger partial charge on any atom is -0.508 e. The molecule has 3 atom stereocenters. The molecule has 3 rings (SSSR count). The molecule has 0 saturated heterocycles. The summed E-state index contributed by atoms with van der Waals surface area (Å²) in [6, 6.07) is 12.0. The molecule has 1 heterocycles. The van der Waals surface area contributed by atoms with Gasteiger partial charge in [0.15, 0.2) is 0 Å². The molecule has 0 aliphatic rings. The Morgan fingerprint density at radius 2 is 1.68 bits per heavy atom. The number of carbonyl (C=O) groups is 3. The number of amides is 2. The van der Waals surface area contributed by atoms with Gasteiger partial charge in [-0.3, -0.25) is 9.59 Å². The molecular formula is C27H36N4O5S.